The van der Waals surface area contributed by atoms with Crippen LogP contribution in [-0.4, -0.2) is 77.1 Å². The van der Waals surface area contributed by atoms with Gasteiger partial charge in [0.15, 0.2) is 6.17 Å². The lowest BCUT2D eigenvalue weighted by atomic mass is 10.1. The standard InChI is InChI=1S/C17H34N2O8Si2/c1-7-25-28(26-8-2,27-9-3)12-10-11-16(29(22-4,23-5)24-6)13-17(18-14-20)19-15-21/h16-17H,7-13H2,1-6H3. The molecular formula is C17H34N2O8Si2. The van der Waals surface area contributed by atoms with Crippen LogP contribution < -0.4 is 0 Å². The van der Waals surface area contributed by atoms with Gasteiger partial charge in [0.05, 0.1) is 0 Å². The van der Waals surface area contributed by atoms with Gasteiger partial charge in [0, 0.05) is 52.7 Å². The van der Waals surface area contributed by atoms with E-state index in [-0.39, 0.29) is 12.0 Å². The van der Waals surface area contributed by atoms with Gasteiger partial charge >= 0.3 is 17.6 Å². The number of hydrogen-bond acceptors (Lipinski definition) is 10. The van der Waals surface area contributed by atoms with E-state index in [0.29, 0.717) is 38.7 Å². The van der Waals surface area contributed by atoms with E-state index in [4.69, 9.17) is 26.6 Å². The molecule has 0 radical (unpaired) electrons. The van der Waals surface area contributed by atoms with Crippen molar-refractivity contribution in [2.45, 2.75) is 57.8 Å². The van der Waals surface area contributed by atoms with E-state index >= 15 is 0 Å². The summed E-state index contributed by atoms with van der Waals surface area (Å²) >= 11 is 0. The van der Waals surface area contributed by atoms with Crippen molar-refractivity contribution in [1.82, 2.24) is 0 Å². The summed E-state index contributed by atoms with van der Waals surface area (Å²) in [5.74, 6) is 0. The highest BCUT2D eigenvalue weighted by molar-refractivity contribution is 6.62. The third-order valence-electron chi connectivity index (χ3n) is 4.38. The van der Waals surface area contributed by atoms with Crippen LogP contribution in [0.25, 0.3) is 0 Å². The third kappa shape index (κ3) is 9.10. The van der Waals surface area contributed by atoms with Crippen LogP contribution in [-0.2, 0) is 36.1 Å². The second-order valence-electron chi connectivity index (χ2n) is 5.94. The Kier molecular flexibility index (Phi) is 15.2. The SMILES string of the molecule is CCO[Si](CCCC(CC(N=C=O)N=C=O)[Si](OC)(OC)OC)(OCC)OCC. The van der Waals surface area contributed by atoms with Crippen molar-refractivity contribution in [3.63, 3.8) is 0 Å². The first-order chi connectivity index (χ1) is 14.0. The van der Waals surface area contributed by atoms with Gasteiger partial charge in [-0.15, -0.1) is 0 Å². The quantitative estimate of drug-likeness (QED) is 0.178. The van der Waals surface area contributed by atoms with Crippen LogP contribution in [0, 0.1) is 0 Å². The summed E-state index contributed by atoms with van der Waals surface area (Å²) in [6.45, 7) is 7.19. The molecule has 12 heteroatoms. The summed E-state index contributed by atoms with van der Waals surface area (Å²) in [6.07, 6.45) is 3.43. The van der Waals surface area contributed by atoms with Crippen LogP contribution in [0.3, 0.4) is 0 Å². The van der Waals surface area contributed by atoms with Crippen molar-refractivity contribution in [3.05, 3.63) is 0 Å². The van der Waals surface area contributed by atoms with Crippen LogP contribution >= 0.6 is 0 Å². The van der Waals surface area contributed by atoms with E-state index in [1.807, 2.05) is 20.8 Å². The number of rotatable bonds is 18. The van der Waals surface area contributed by atoms with Gasteiger partial charge in [0.2, 0.25) is 12.2 Å². The maximum absolute atomic E-state index is 10.7. The number of isocyanates is 2. The van der Waals surface area contributed by atoms with Gasteiger partial charge in [-0.1, -0.05) is 0 Å². The van der Waals surface area contributed by atoms with Gasteiger partial charge in [0.1, 0.15) is 0 Å². The summed E-state index contributed by atoms with van der Waals surface area (Å²) in [7, 11) is -1.39. The van der Waals surface area contributed by atoms with Crippen LogP contribution in [0.4, 0.5) is 0 Å². The minimum absolute atomic E-state index is 0.221. The molecule has 0 aromatic carbocycles. The highest BCUT2D eigenvalue weighted by Gasteiger charge is 2.48. The molecule has 0 heterocycles. The zero-order chi connectivity index (χ0) is 22.2. The van der Waals surface area contributed by atoms with E-state index in [0.717, 1.165) is 0 Å². The summed E-state index contributed by atoms with van der Waals surface area (Å²) in [4.78, 5) is 28.5. The normalized spacial score (nSPS) is 14.0. The fourth-order valence-corrected chi connectivity index (χ4v) is 8.46. The molecule has 0 saturated heterocycles. The van der Waals surface area contributed by atoms with Gasteiger partial charge in [0.25, 0.3) is 0 Å². The second-order valence-corrected chi connectivity index (χ2v) is 11.9. The molecule has 0 aliphatic heterocycles. The summed E-state index contributed by atoms with van der Waals surface area (Å²) in [6, 6.07) is 0.596. The third-order valence-corrected chi connectivity index (χ3v) is 10.8. The van der Waals surface area contributed by atoms with Gasteiger partial charge in [-0.25, -0.2) is 9.59 Å². The molecule has 0 aliphatic carbocycles. The fraction of sp³-hybridized carbons (Fsp3) is 0.882. The van der Waals surface area contributed by atoms with Crippen molar-refractivity contribution in [2.75, 3.05) is 41.2 Å². The van der Waals surface area contributed by atoms with Gasteiger partial charge in [-0.2, -0.15) is 9.98 Å². The average Bonchev–Trinajstić information content (AvgIpc) is 2.70. The molecule has 168 valence electrons. The molecular weight excluding hydrogens is 416 g/mol. The number of aliphatic imine (C=N–C) groups is 2. The molecule has 10 nitrogen and oxygen atoms in total. The minimum Gasteiger partial charge on any atom is -0.377 e. The molecule has 0 N–H and O–H groups in total. The summed E-state index contributed by atoms with van der Waals surface area (Å²) in [5.41, 5.74) is -0.279. The number of carbonyl (C=O) groups excluding carboxylic acids is 2. The van der Waals surface area contributed by atoms with Crippen LogP contribution in [0.5, 0.6) is 0 Å². The van der Waals surface area contributed by atoms with Crippen molar-refractivity contribution in [3.8, 4) is 0 Å². The van der Waals surface area contributed by atoms with E-state index < -0.39 is 23.8 Å². The Labute approximate surface area is 175 Å². The van der Waals surface area contributed by atoms with E-state index in [1.54, 1.807) is 0 Å². The first-order valence-electron chi connectivity index (χ1n) is 9.68. The lowest BCUT2D eigenvalue weighted by Crippen LogP contribution is -2.49. The number of hydrogen-bond donors (Lipinski definition) is 0. The second kappa shape index (κ2) is 15.7. The lowest BCUT2D eigenvalue weighted by Gasteiger charge is -2.34. The molecule has 0 fully saturated rings. The van der Waals surface area contributed by atoms with Crippen LogP contribution in [0.15, 0.2) is 9.98 Å². The number of nitrogens with zero attached hydrogens (tertiary/aromatic N) is 2. The smallest absolute Gasteiger partial charge is 0.377 e. The van der Waals surface area contributed by atoms with E-state index in [2.05, 4.69) is 9.98 Å². The maximum Gasteiger partial charge on any atom is 0.503 e. The van der Waals surface area contributed by atoms with Gasteiger partial charge < -0.3 is 26.6 Å². The van der Waals surface area contributed by atoms with Crippen LogP contribution in [0.2, 0.25) is 11.6 Å². The van der Waals surface area contributed by atoms with Crippen molar-refractivity contribution in [1.29, 1.82) is 0 Å². The van der Waals surface area contributed by atoms with Gasteiger partial charge in [-0.3, -0.25) is 0 Å². The molecule has 0 aromatic rings. The zero-order valence-corrected chi connectivity index (χ0v) is 20.3. The monoisotopic (exact) mass is 450 g/mol. The lowest BCUT2D eigenvalue weighted by molar-refractivity contribution is 0.0698. The van der Waals surface area contributed by atoms with Crippen molar-refractivity contribution in [2.24, 2.45) is 9.98 Å². The first-order valence-corrected chi connectivity index (χ1v) is 13.4. The molecule has 29 heavy (non-hydrogen) atoms. The Morgan fingerprint density at radius 1 is 0.828 bits per heavy atom. The molecule has 1 unspecified atom stereocenters. The Morgan fingerprint density at radius 2 is 1.28 bits per heavy atom. The minimum atomic E-state index is -3.11. The molecule has 0 bridgehead atoms. The van der Waals surface area contributed by atoms with Crippen molar-refractivity contribution < 1.29 is 36.1 Å². The Morgan fingerprint density at radius 3 is 1.62 bits per heavy atom. The fourth-order valence-electron chi connectivity index (χ4n) is 3.27. The molecule has 0 amide bonds. The predicted octanol–water partition coefficient (Wildman–Crippen LogP) is 2.45. The maximum atomic E-state index is 10.7. The predicted molar refractivity (Wildman–Crippen MR) is 110 cm³/mol. The summed E-state index contributed by atoms with van der Waals surface area (Å²) in [5, 5.41) is 0. The molecule has 0 saturated carbocycles. The molecule has 1 atom stereocenters. The van der Waals surface area contributed by atoms with Crippen molar-refractivity contribution >= 4 is 29.8 Å². The Bertz CT molecular complexity index is 494. The van der Waals surface area contributed by atoms with Gasteiger partial charge in [-0.05, 0) is 40.0 Å². The highest BCUT2D eigenvalue weighted by atomic mass is 28.4. The largest absolute Gasteiger partial charge is 0.503 e. The van der Waals surface area contributed by atoms with E-state index in [1.165, 1.54) is 33.5 Å². The van der Waals surface area contributed by atoms with E-state index in [9.17, 15) is 9.59 Å². The highest BCUT2D eigenvalue weighted by Crippen LogP contribution is 2.36. The Balaban J connectivity index is 5.52. The molecule has 0 rings (SSSR count). The molecule has 0 aliphatic rings. The first kappa shape index (κ1) is 28.0. The topological polar surface area (TPSA) is 114 Å². The zero-order valence-electron chi connectivity index (χ0n) is 18.3. The molecule has 0 spiro atoms. The van der Waals surface area contributed by atoms with Crippen LogP contribution in [0.1, 0.15) is 40.0 Å². The summed E-state index contributed by atoms with van der Waals surface area (Å²) < 4.78 is 34.5. The Hall–Kier alpha value is -1.05. The average molecular weight is 451 g/mol. The molecule has 0 aromatic heterocycles.